The molecule has 0 saturated carbocycles. The second kappa shape index (κ2) is 7.46. The minimum atomic E-state index is -0.0857. The zero-order valence-electron chi connectivity index (χ0n) is 16.3. The maximum absolute atomic E-state index is 12.5. The summed E-state index contributed by atoms with van der Waals surface area (Å²) in [5.74, 6) is 1.77. The van der Waals surface area contributed by atoms with Gasteiger partial charge < -0.3 is 14.2 Å². The van der Waals surface area contributed by atoms with Crippen molar-refractivity contribution < 1.29 is 9.21 Å². The van der Waals surface area contributed by atoms with E-state index in [0.29, 0.717) is 42.8 Å². The molecule has 1 aromatic carbocycles. The molecule has 30 heavy (non-hydrogen) atoms. The van der Waals surface area contributed by atoms with Gasteiger partial charge in [0, 0.05) is 31.2 Å². The lowest BCUT2D eigenvalue weighted by Crippen LogP contribution is -2.49. The second-order valence-electron chi connectivity index (χ2n) is 7.12. The molecule has 9 heteroatoms. The topological polar surface area (TPSA) is 80.3 Å². The molecule has 0 aliphatic carbocycles. The van der Waals surface area contributed by atoms with Crippen LogP contribution in [0.4, 0.5) is 5.82 Å². The number of carbonyl (C=O) groups excluding carboxylic acids is 1. The van der Waals surface area contributed by atoms with Gasteiger partial charge >= 0.3 is 0 Å². The van der Waals surface area contributed by atoms with Crippen molar-refractivity contribution >= 4 is 34.4 Å². The monoisotopic (exact) mass is 422 g/mol. The summed E-state index contributed by atoms with van der Waals surface area (Å²) in [5.41, 5.74) is 1.57. The lowest BCUT2D eigenvalue weighted by Gasteiger charge is -2.35. The fourth-order valence-corrected chi connectivity index (χ4v) is 3.90. The van der Waals surface area contributed by atoms with Crippen LogP contribution in [0.3, 0.4) is 0 Å². The highest BCUT2D eigenvalue weighted by atomic mass is 35.5. The van der Waals surface area contributed by atoms with Gasteiger partial charge in [0.2, 0.25) is 0 Å². The van der Waals surface area contributed by atoms with Gasteiger partial charge in [-0.15, -0.1) is 0 Å². The van der Waals surface area contributed by atoms with Crippen LogP contribution in [-0.4, -0.2) is 56.7 Å². The number of fused-ring (bicyclic) bond motifs is 1. The SMILES string of the molecule is Cc1nc(N2CCN(C(=O)c3ccco3)CC2)c2cnn(-c3cccc(Cl)c3)c2n1. The molecular formula is C21H19ClN6O2. The van der Waals surface area contributed by atoms with Crippen LogP contribution in [0.1, 0.15) is 16.4 Å². The maximum Gasteiger partial charge on any atom is 0.289 e. The van der Waals surface area contributed by atoms with E-state index in [0.717, 1.165) is 22.5 Å². The Morgan fingerprint density at radius 2 is 1.93 bits per heavy atom. The summed E-state index contributed by atoms with van der Waals surface area (Å²) in [6.45, 7) is 4.38. The summed E-state index contributed by atoms with van der Waals surface area (Å²) in [5, 5.41) is 6.04. The van der Waals surface area contributed by atoms with Gasteiger partial charge in [0.05, 0.1) is 23.5 Å². The van der Waals surface area contributed by atoms with Crippen LogP contribution in [-0.2, 0) is 0 Å². The van der Waals surface area contributed by atoms with Crippen LogP contribution in [0.15, 0.2) is 53.3 Å². The molecule has 0 atom stereocenters. The first-order valence-corrected chi connectivity index (χ1v) is 10.0. The molecular weight excluding hydrogens is 404 g/mol. The molecule has 4 aromatic rings. The quantitative estimate of drug-likeness (QED) is 0.503. The van der Waals surface area contributed by atoms with Gasteiger partial charge in [-0.25, -0.2) is 14.6 Å². The number of hydrogen-bond donors (Lipinski definition) is 0. The number of amides is 1. The molecule has 1 amide bonds. The summed E-state index contributed by atoms with van der Waals surface area (Å²) in [4.78, 5) is 25.8. The Hall–Kier alpha value is -3.39. The number of benzene rings is 1. The Morgan fingerprint density at radius 3 is 2.67 bits per heavy atom. The van der Waals surface area contributed by atoms with Crippen molar-refractivity contribution in [3.8, 4) is 5.69 Å². The summed E-state index contributed by atoms with van der Waals surface area (Å²) < 4.78 is 7.01. The zero-order chi connectivity index (χ0) is 20.7. The number of rotatable bonds is 3. The Morgan fingerprint density at radius 1 is 1.10 bits per heavy atom. The summed E-state index contributed by atoms with van der Waals surface area (Å²) >= 11 is 6.15. The predicted octanol–water partition coefficient (Wildman–Crippen LogP) is 3.33. The van der Waals surface area contributed by atoms with Crippen LogP contribution < -0.4 is 4.90 Å². The third-order valence-corrected chi connectivity index (χ3v) is 5.41. The number of nitrogens with zero attached hydrogens (tertiary/aromatic N) is 6. The number of carbonyl (C=O) groups is 1. The molecule has 8 nitrogen and oxygen atoms in total. The van der Waals surface area contributed by atoms with E-state index in [2.05, 4.69) is 20.0 Å². The number of halogens is 1. The van der Waals surface area contributed by atoms with E-state index in [1.807, 2.05) is 31.2 Å². The number of hydrogen-bond acceptors (Lipinski definition) is 6. The number of anilines is 1. The Labute approximate surface area is 177 Å². The molecule has 5 rings (SSSR count). The van der Waals surface area contributed by atoms with E-state index in [4.69, 9.17) is 16.0 Å². The van der Waals surface area contributed by atoms with E-state index in [1.54, 1.807) is 27.9 Å². The van der Waals surface area contributed by atoms with Gasteiger partial charge in [0.25, 0.3) is 5.91 Å². The van der Waals surface area contributed by atoms with Gasteiger partial charge in [0.1, 0.15) is 11.6 Å². The fourth-order valence-electron chi connectivity index (χ4n) is 3.71. The Balaban J connectivity index is 1.43. The lowest BCUT2D eigenvalue weighted by molar-refractivity contribution is 0.0714. The van der Waals surface area contributed by atoms with E-state index < -0.39 is 0 Å². The minimum Gasteiger partial charge on any atom is -0.459 e. The zero-order valence-corrected chi connectivity index (χ0v) is 17.1. The fraction of sp³-hybridized carbons (Fsp3) is 0.238. The van der Waals surface area contributed by atoms with Crippen molar-refractivity contribution in [2.75, 3.05) is 31.1 Å². The number of piperazine rings is 1. The molecule has 0 N–H and O–H groups in total. The molecule has 3 aromatic heterocycles. The van der Waals surface area contributed by atoms with E-state index in [9.17, 15) is 4.79 Å². The van der Waals surface area contributed by atoms with Gasteiger partial charge in [0.15, 0.2) is 11.4 Å². The molecule has 1 fully saturated rings. The molecule has 4 heterocycles. The summed E-state index contributed by atoms with van der Waals surface area (Å²) in [7, 11) is 0. The molecule has 0 spiro atoms. The third kappa shape index (κ3) is 3.29. The highest BCUT2D eigenvalue weighted by Crippen LogP contribution is 2.27. The molecule has 152 valence electrons. The first kappa shape index (κ1) is 18.6. The highest BCUT2D eigenvalue weighted by molar-refractivity contribution is 6.30. The maximum atomic E-state index is 12.5. The van der Waals surface area contributed by atoms with Crippen molar-refractivity contribution in [2.24, 2.45) is 0 Å². The number of aryl methyl sites for hydroxylation is 1. The van der Waals surface area contributed by atoms with Crippen molar-refractivity contribution in [3.63, 3.8) is 0 Å². The van der Waals surface area contributed by atoms with E-state index >= 15 is 0 Å². The summed E-state index contributed by atoms with van der Waals surface area (Å²) in [6.07, 6.45) is 3.30. The van der Waals surface area contributed by atoms with Crippen molar-refractivity contribution in [1.82, 2.24) is 24.6 Å². The largest absolute Gasteiger partial charge is 0.459 e. The second-order valence-corrected chi connectivity index (χ2v) is 7.56. The minimum absolute atomic E-state index is 0.0857. The normalized spacial score (nSPS) is 14.5. The molecule has 1 aliphatic rings. The third-order valence-electron chi connectivity index (χ3n) is 5.17. The molecule has 1 saturated heterocycles. The van der Waals surface area contributed by atoms with Gasteiger partial charge in [-0.1, -0.05) is 17.7 Å². The van der Waals surface area contributed by atoms with Crippen LogP contribution in [0.25, 0.3) is 16.7 Å². The van der Waals surface area contributed by atoms with Gasteiger partial charge in [-0.3, -0.25) is 4.79 Å². The highest BCUT2D eigenvalue weighted by Gasteiger charge is 2.26. The standard InChI is InChI=1S/C21H19ClN6O2/c1-14-24-19(26-7-9-27(10-8-26)21(29)18-6-3-11-30-18)17-13-23-28(20(17)25-14)16-5-2-4-15(22)12-16/h2-6,11-13H,7-10H2,1H3. The van der Waals surface area contributed by atoms with Crippen molar-refractivity contribution in [3.05, 3.63) is 65.5 Å². The van der Waals surface area contributed by atoms with E-state index in [1.165, 1.54) is 6.26 Å². The lowest BCUT2D eigenvalue weighted by atomic mass is 10.2. The van der Waals surface area contributed by atoms with Crippen LogP contribution >= 0.6 is 11.6 Å². The number of aromatic nitrogens is 4. The average molecular weight is 423 g/mol. The van der Waals surface area contributed by atoms with Crippen LogP contribution in [0.2, 0.25) is 5.02 Å². The first-order chi connectivity index (χ1) is 14.6. The van der Waals surface area contributed by atoms with Crippen LogP contribution in [0.5, 0.6) is 0 Å². The number of furan rings is 1. The smallest absolute Gasteiger partial charge is 0.289 e. The molecule has 0 unspecified atom stereocenters. The molecule has 0 bridgehead atoms. The Bertz CT molecular complexity index is 1210. The predicted molar refractivity (Wildman–Crippen MR) is 113 cm³/mol. The van der Waals surface area contributed by atoms with Crippen molar-refractivity contribution in [1.29, 1.82) is 0 Å². The van der Waals surface area contributed by atoms with E-state index in [-0.39, 0.29) is 5.91 Å². The van der Waals surface area contributed by atoms with Gasteiger partial charge in [-0.2, -0.15) is 5.10 Å². The molecule has 0 radical (unpaired) electrons. The Kier molecular flexibility index (Phi) is 4.63. The summed E-state index contributed by atoms with van der Waals surface area (Å²) in [6, 6.07) is 10.9. The van der Waals surface area contributed by atoms with Crippen LogP contribution in [0, 0.1) is 6.92 Å². The molecule has 1 aliphatic heterocycles. The van der Waals surface area contributed by atoms with Gasteiger partial charge in [-0.05, 0) is 37.3 Å². The average Bonchev–Trinajstić information content (AvgIpc) is 3.43. The van der Waals surface area contributed by atoms with Crippen molar-refractivity contribution in [2.45, 2.75) is 6.92 Å². The first-order valence-electron chi connectivity index (χ1n) is 9.66.